The lowest BCUT2D eigenvalue weighted by atomic mass is 9.98. The number of fused-ring (bicyclic) bond motifs is 2. The fourth-order valence-electron chi connectivity index (χ4n) is 3.97. The third-order valence-corrected chi connectivity index (χ3v) is 5.44. The Morgan fingerprint density at radius 1 is 0.882 bits per heavy atom. The molecule has 6 nitrogen and oxygen atoms in total. The van der Waals surface area contributed by atoms with Gasteiger partial charge < -0.3 is 10.6 Å². The van der Waals surface area contributed by atoms with E-state index in [1.54, 1.807) is 17.0 Å². The SMILES string of the molecule is CC.CC.Nc1nc(C(=O)N2Cc3ccccc3C2)c2cc(-c3ccccc3C=O)ccc2n1. The second-order valence-corrected chi connectivity index (χ2v) is 7.30. The van der Waals surface area contributed by atoms with E-state index < -0.39 is 0 Å². The minimum absolute atomic E-state index is 0.0589. The predicted octanol–water partition coefficient (Wildman–Crippen LogP) is 5.90. The quantitative estimate of drug-likeness (QED) is 0.389. The fraction of sp³-hybridized carbons (Fsp3) is 0.214. The van der Waals surface area contributed by atoms with Crippen LogP contribution in [0.3, 0.4) is 0 Å². The fourth-order valence-corrected chi connectivity index (χ4v) is 3.97. The Morgan fingerprint density at radius 3 is 2.15 bits per heavy atom. The first-order valence-corrected chi connectivity index (χ1v) is 11.6. The number of rotatable bonds is 3. The highest BCUT2D eigenvalue weighted by Crippen LogP contribution is 2.30. The molecule has 0 bridgehead atoms. The van der Waals surface area contributed by atoms with Crippen molar-refractivity contribution in [2.45, 2.75) is 40.8 Å². The van der Waals surface area contributed by atoms with Gasteiger partial charge in [0.25, 0.3) is 5.91 Å². The largest absolute Gasteiger partial charge is 0.368 e. The van der Waals surface area contributed by atoms with Gasteiger partial charge in [-0.1, -0.05) is 82.3 Å². The van der Waals surface area contributed by atoms with Crippen molar-refractivity contribution in [2.75, 3.05) is 5.73 Å². The van der Waals surface area contributed by atoms with Crippen LogP contribution < -0.4 is 5.73 Å². The molecule has 0 fully saturated rings. The van der Waals surface area contributed by atoms with Crippen molar-refractivity contribution >= 4 is 29.0 Å². The summed E-state index contributed by atoms with van der Waals surface area (Å²) in [6.07, 6.45) is 0.826. The van der Waals surface area contributed by atoms with Crippen LogP contribution >= 0.6 is 0 Å². The van der Waals surface area contributed by atoms with Crippen LogP contribution in [0.25, 0.3) is 22.0 Å². The van der Waals surface area contributed by atoms with E-state index in [1.165, 1.54) is 0 Å². The van der Waals surface area contributed by atoms with Crippen LogP contribution in [0.5, 0.6) is 0 Å². The lowest BCUT2D eigenvalue weighted by Gasteiger charge is -2.17. The van der Waals surface area contributed by atoms with E-state index in [2.05, 4.69) is 9.97 Å². The number of aldehydes is 1. The molecule has 1 aliphatic heterocycles. The molecule has 4 aromatic rings. The van der Waals surface area contributed by atoms with E-state index in [0.29, 0.717) is 29.6 Å². The zero-order valence-corrected chi connectivity index (χ0v) is 20.1. The van der Waals surface area contributed by atoms with Gasteiger partial charge in [0.05, 0.1) is 5.52 Å². The van der Waals surface area contributed by atoms with E-state index in [4.69, 9.17) is 5.73 Å². The van der Waals surface area contributed by atoms with Crippen molar-refractivity contribution in [1.29, 1.82) is 0 Å². The van der Waals surface area contributed by atoms with Crippen LogP contribution in [0.4, 0.5) is 5.95 Å². The zero-order valence-electron chi connectivity index (χ0n) is 20.1. The molecule has 0 atom stereocenters. The Morgan fingerprint density at radius 2 is 1.50 bits per heavy atom. The van der Waals surface area contributed by atoms with Crippen molar-refractivity contribution in [3.05, 3.63) is 89.1 Å². The maximum atomic E-state index is 13.4. The lowest BCUT2D eigenvalue weighted by Crippen LogP contribution is -2.27. The second-order valence-electron chi connectivity index (χ2n) is 7.30. The molecule has 0 spiro atoms. The summed E-state index contributed by atoms with van der Waals surface area (Å²) in [4.78, 5) is 35.2. The normalized spacial score (nSPS) is 11.6. The molecule has 0 saturated carbocycles. The standard InChI is InChI=1S/C24H18N4O2.2C2H6/c25-24-26-21-10-9-15(19-8-4-3-7-18(19)14-29)11-20(21)22(27-24)23(30)28-12-16-5-1-2-6-17(16)13-28;2*1-2/h1-11,14H,12-13H2,(H2,25,26,27);2*1-2H3. The van der Waals surface area contributed by atoms with Crippen molar-refractivity contribution < 1.29 is 9.59 Å². The molecule has 0 unspecified atom stereocenters. The van der Waals surface area contributed by atoms with E-state index in [-0.39, 0.29) is 17.5 Å². The number of carbonyl (C=O) groups excluding carboxylic acids is 2. The number of carbonyl (C=O) groups is 2. The van der Waals surface area contributed by atoms with Gasteiger partial charge in [0.15, 0.2) is 6.29 Å². The van der Waals surface area contributed by atoms with Gasteiger partial charge in [-0.2, -0.15) is 0 Å². The molecule has 0 saturated heterocycles. The molecule has 34 heavy (non-hydrogen) atoms. The summed E-state index contributed by atoms with van der Waals surface area (Å²) in [6, 6.07) is 20.9. The predicted molar refractivity (Wildman–Crippen MR) is 137 cm³/mol. The zero-order chi connectivity index (χ0) is 24.7. The maximum Gasteiger partial charge on any atom is 0.273 e. The number of aromatic nitrogens is 2. The number of nitrogens with zero attached hydrogens (tertiary/aromatic N) is 3. The third-order valence-electron chi connectivity index (χ3n) is 5.44. The van der Waals surface area contributed by atoms with Gasteiger partial charge in [0.2, 0.25) is 5.95 Å². The average Bonchev–Trinajstić information content (AvgIpc) is 3.34. The van der Waals surface area contributed by atoms with Crippen LogP contribution in [0.2, 0.25) is 0 Å². The summed E-state index contributed by atoms with van der Waals surface area (Å²) in [5, 5.41) is 0.614. The summed E-state index contributed by atoms with van der Waals surface area (Å²) in [5.74, 6) is -0.130. The molecule has 0 aliphatic carbocycles. The van der Waals surface area contributed by atoms with E-state index in [0.717, 1.165) is 28.5 Å². The highest BCUT2D eigenvalue weighted by atomic mass is 16.2. The number of nitrogens with two attached hydrogens (primary N) is 1. The third kappa shape index (κ3) is 4.81. The van der Waals surface area contributed by atoms with Crippen LogP contribution in [0, 0.1) is 0 Å². The van der Waals surface area contributed by atoms with Crippen molar-refractivity contribution in [2.24, 2.45) is 0 Å². The topological polar surface area (TPSA) is 89.2 Å². The summed E-state index contributed by atoms with van der Waals surface area (Å²) in [6.45, 7) is 9.07. The summed E-state index contributed by atoms with van der Waals surface area (Å²) in [7, 11) is 0. The minimum Gasteiger partial charge on any atom is -0.368 e. The van der Waals surface area contributed by atoms with Gasteiger partial charge in [0, 0.05) is 24.0 Å². The lowest BCUT2D eigenvalue weighted by molar-refractivity contribution is 0.0747. The maximum absolute atomic E-state index is 13.4. The van der Waals surface area contributed by atoms with Crippen molar-refractivity contribution in [3.8, 4) is 11.1 Å². The molecule has 2 heterocycles. The van der Waals surface area contributed by atoms with Crippen molar-refractivity contribution in [1.82, 2.24) is 14.9 Å². The highest BCUT2D eigenvalue weighted by molar-refractivity contribution is 6.06. The Labute approximate surface area is 200 Å². The Bertz CT molecular complexity index is 1290. The second kappa shape index (κ2) is 11.2. The van der Waals surface area contributed by atoms with Crippen molar-refractivity contribution in [3.63, 3.8) is 0 Å². The Kier molecular flexibility index (Phi) is 8.09. The molecule has 1 amide bonds. The molecule has 1 aliphatic rings. The van der Waals surface area contributed by atoms with Gasteiger partial charge in [-0.3, -0.25) is 9.59 Å². The first-order chi connectivity index (χ1) is 16.6. The number of nitrogen functional groups attached to an aromatic ring is 1. The minimum atomic E-state index is -0.189. The van der Waals surface area contributed by atoms with Crippen LogP contribution in [0.1, 0.15) is 59.7 Å². The van der Waals surface area contributed by atoms with Crippen LogP contribution in [0.15, 0.2) is 66.7 Å². The molecule has 3 aromatic carbocycles. The van der Waals surface area contributed by atoms with Crippen LogP contribution in [-0.2, 0) is 13.1 Å². The van der Waals surface area contributed by atoms with Gasteiger partial charge in [0.1, 0.15) is 5.69 Å². The molecule has 0 radical (unpaired) electrons. The number of anilines is 1. The molecule has 6 heteroatoms. The molecular formula is C28H30N4O2. The summed E-state index contributed by atoms with van der Waals surface area (Å²) >= 11 is 0. The average molecular weight is 455 g/mol. The number of amides is 1. The Balaban J connectivity index is 0.000000771. The monoisotopic (exact) mass is 454 g/mol. The van der Waals surface area contributed by atoms with E-state index in [1.807, 2.05) is 82.3 Å². The highest BCUT2D eigenvalue weighted by Gasteiger charge is 2.27. The van der Waals surface area contributed by atoms with Gasteiger partial charge in [-0.15, -0.1) is 0 Å². The first-order valence-electron chi connectivity index (χ1n) is 11.6. The van der Waals surface area contributed by atoms with E-state index in [9.17, 15) is 9.59 Å². The first kappa shape index (κ1) is 24.6. The van der Waals surface area contributed by atoms with Gasteiger partial charge in [-0.25, -0.2) is 9.97 Å². The van der Waals surface area contributed by atoms with Gasteiger partial charge in [-0.05, 0) is 34.4 Å². The number of hydrogen-bond acceptors (Lipinski definition) is 5. The Hall–Kier alpha value is -4.06. The smallest absolute Gasteiger partial charge is 0.273 e. The number of benzene rings is 3. The summed E-state index contributed by atoms with van der Waals surface area (Å²) < 4.78 is 0. The molecule has 5 rings (SSSR count). The molecule has 174 valence electrons. The van der Waals surface area contributed by atoms with E-state index >= 15 is 0 Å². The molecular weight excluding hydrogens is 424 g/mol. The molecule has 1 aromatic heterocycles. The molecule has 2 N–H and O–H groups in total. The van der Waals surface area contributed by atoms with Gasteiger partial charge >= 0.3 is 0 Å². The number of hydrogen-bond donors (Lipinski definition) is 1. The van der Waals surface area contributed by atoms with Crippen LogP contribution in [-0.4, -0.2) is 27.1 Å². The summed E-state index contributed by atoms with van der Waals surface area (Å²) in [5.41, 5.74) is 11.2.